The summed E-state index contributed by atoms with van der Waals surface area (Å²) in [6.07, 6.45) is 0. The van der Waals surface area contributed by atoms with Crippen LogP contribution in [0.25, 0.3) is 20.5 Å². The zero-order valence-corrected chi connectivity index (χ0v) is 6.95. The summed E-state index contributed by atoms with van der Waals surface area (Å²) in [6.45, 7) is 0. The monoisotopic (exact) mass is 175 g/mol. The van der Waals surface area contributed by atoms with Gasteiger partial charge >= 0.3 is 0 Å². The fraction of sp³-hybridized carbons (Fsp3) is 0. The van der Waals surface area contributed by atoms with E-state index in [2.05, 4.69) is 10.0 Å². The fourth-order valence-electron chi connectivity index (χ4n) is 1.06. The molecule has 0 atom stereocenters. The number of fused-ring (bicyclic) bond motifs is 1. The number of nitrogens with zero attached hydrogens (tertiary/aromatic N) is 3. The highest BCUT2D eigenvalue weighted by Gasteiger charge is 1.96. The Kier molecular flexibility index (Phi) is 1.70. The number of thiophene rings is 1. The standard InChI is InChI=1S/C8H5N3S/c9-11-10-8-5-6-3-1-2-4-7(6)12-8/h1-5H. The molecule has 0 amide bonds. The van der Waals surface area contributed by atoms with Crippen LogP contribution in [-0.4, -0.2) is 0 Å². The van der Waals surface area contributed by atoms with Crippen molar-refractivity contribution >= 4 is 26.4 Å². The van der Waals surface area contributed by atoms with E-state index in [4.69, 9.17) is 5.53 Å². The lowest BCUT2D eigenvalue weighted by molar-refractivity contribution is 1.57. The van der Waals surface area contributed by atoms with Crippen molar-refractivity contribution in [2.24, 2.45) is 5.11 Å². The molecule has 12 heavy (non-hydrogen) atoms. The summed E-state index contributed by atoms with van der Waals surface area (Å²) in [6, 6.07) is 9.84. The number of azide groups is 1. The second-order valence-electron chi connectivity index (χ2n) is 2.31. The maximum atomic E-state index is 8.21. The zero-order valence-electron chi connectivity index (χ0n) is 6.14. The molecule has 4 heteroatoms. The molecular formula is C8H5N3S. The summed E-state index contributed by atoms with van der Waals surface area (Å²) in [4.78, 5) is 2.74. The van der Waals surface area contributed by atoms with Gasteiger partial charge in [-0.3, -0.25) is 0 Å². The van der Waals surface area contributed by atoms with Crippen LogP contribution in [0.5, 0.6) is 0 Å². The molecule has 0 aliphatic rings. The predicted molar refractivity (Wildman–Crippen MR) is 50.6 cm³/mol. The third kappa shape index (κ3) is 1.13. The highest BCUT2D eigenvalue weighted by Crippen LogP contribution is 2.31. The van der Waals surface area contributed by atoms with Crippen molar-refractivity contribution in [3.05, 3.63) is 40.8 Å². The van der Waals surface area contributed by atoms with Gasteiger partial charge in [0.2, 0.25) is 0 Å². The van der Waals surface area contributed by atoms with Crippen LogP contribution in [0.4, 0.5) is 5.00 Å². The normalized spacial score (nSPS) is 9.67. The van der Waals surface area contributed by atoms with Crippen molar-refractivity contribution in [1.82, 2.24) is 0 Å². The van der Waals surface area contributed by atoms with Gasteiger partial charge in [-0.1, -0.05) is 18.2 Å². The Hall–Kier alpha value is -1.51. The first-order valence-electron chi connectivity index (χ1n) is 3.44. The molecule has 0 radical (unpaired) electrons. The van der Waals surface area contributed by atoms with Gasteiger partial charge in [-0.2, -0.15) is 0 Å². The van der Waals surface area contributed by atoms with Gasteiger partial charge in [-0.05, 0) is 28.2 Å². The minimum Gasteiger partial charge on any atom is -0.134 e. The van der Waals surface area contributed by atoms with Gasteiger partial charge in [0, 0.05) is 9.61 Å². The third-order valence-corrected chi connectivity index (χ3v) is 2.56. The van der Waals surface area contributed by atoms with Crippen LogP contribution in [0.1, 0.15) is 0 Å². The fourth-order valence-corrected chi connectivity index (χ4v) is 1.94. The van der Waals surface area contributed by atoms with E-state index in [1.807, 2.05) is 30.3 Å². The molecule has 0 saturated heterocycles. The summed E-state index contributed by atoms with van der Waals surface area (Å²) < 4.78 is 1.15. The maximum Gasteiger partial charge on any atom is 0.0914 e. The summed E-state index contributed by atoms with van der Waals surface area (Å²) in [5.41, 5.74) is 8.21. The summed E-state index contributed by atoms with van der Waals surface area (Å²) in [7, 11) is 0. The first-order valence-corrected chi connectivity index (χ1v) is 4.25. The Morgan fingerprint density at radius 3 is 2.92 bits per heavy atom. The molecule has 1 aromatic heterocycles. The number of rotatable bonds is 1. The van der Waals surface area contributed by atoms with Crippen molar-refractivity contribution in [3.63, 3.8) is 0 Å². The molecule has 0 aliphatic carbocycles. The quantitative estimate of drug-likeness (QED) is 0.359. The van der Waals surface area contributed by atoms with Crippen LogP contribution in [0, 0.1) is 0 Å². The van der Waals surface area contributed by atoms with Crippen LogP contribution in [-0.2, 0) is 0 Å². The first kappa shape index (κ1) is 7.16. The van der Waals surface area contributed by atoms with E-state index in [-0.39, 0.29) is 0 Å². The van der Waals surface area contributed by atoms with Gasteiger partial charge in [0.05, 0.1) is 5.00 Å². The van der Waals surface area contributed by atoms with E-state index in [1.54, 1.807) is 0 Å². The Labute approximate surface area is 72.9 Å². The van der Waals surface area contributed by atoms with Crippen molar-refractivity contribution in [3.8, 4) is 0 Å². The summed E-state index contributed by atoms with van der Waals surface area (Å²) in [5.74, 6) is 0. The average Bonchev–Trinajstić information content (AvgIpc) is 2.47. The lowest BCUT2D eigenvalue weighted by atomic mass is 10.3. The molecule has 1 aromatic carbocycles. The summed E-state index contributed by atoms with van der Waals surface area (Å²) >= 11 is 1.50. The maximum absolute atomic E-state index is 8.21. The Morgan fingerprint density at radius 2 is 2.17 bits per heavy atom. The van der Waals surface area contributed by atoms with Crippen LogP contribution in [0.15, 0.2) is 35.4 Å². The van der Waals surface area contributed by atoms with Gasteiger partial charge in [0.25, 0.3) is 0 Å². The lowest BCUT2D eigenvalue weighted by Gasteiger charge is -1.82. The van der Waals surface area contributed by atoms with E-state index in [0.717, 1.165) is 15.1 Å². The van der Waals surface area contributed by atoms with Gasteiger partial charge in [0.15, 0.2) is 0 Å². The zero-order chi connectivity index (χ0) is 8.39. The molecular weight excluding hydrogens is 170 g/mol. The van der Waals surface area contributed by atoms with Crippen LogP contribution in [0.2, 0.25) is 0 Å². The highest BCUT2D eigenvalue weighted by molar-refractivity contribution is 7.22. The molecule has 0 saturated carbocycles. The van der Waals surface area contributed by atoms with E-state index < -0.39 is 0 Å². The molecule has 0 bridgehead atoms. The molecule has 2 rings (SSSR count). The van der Waals surface area contributed by atoms with Crippen LogP contribution < -0.4 is 0 Å². The molecule has 3 nitrogen and oxygen atoms in total. The van der Waals surface area contributed by atoms with Gasteiger partial charge in [-0.25, -0.2) is 0 Å². The Balaban J connectivity index is 2.69. The topological polar surface area (TPSA) is 48.8 Å². The minimum absolute atomic E-state index is 0.721. The molecule has 58 valence electrons. The van der Waals surface area contributed by atoms with E-state index in [0.29, 0.717) is 0 Å². The average molecular weight is 175 g/mol. The molecule has 0 N–H and O–H groups in total. The van der Waals surface area contributed by atoms with Gasteiger partial charge < -0.3 is 0 Å². The smallest absolute Gasteiger partial charge is 0.0914 e. The molecule has 0 aliphatic heterocycles. The molecule has 0 fully saturated rings. The molecule has 2 aromatic rings. The van der Waals surface area contributed by atoms with Crippen LogP contribution >= 0.6 is 11.3 Å². The predicted octanol–water partition coefficient (Wildman–Crippen LogP) is 3.84. The number of hydrogen-bond acceptors (Lipinski definition) is 2. The number of hydrogen-bond donors (Lipinski definition) is 0. The SMILES string of the molecule is [N-]=[N+]=Nc1cc2ccccc2s1. The first-order chi connectivity index (χ1) is 5.90. The number of benzene rings is 1. The molecule has 0 spiro atoms. The van der Waals surface area contributed by atoms with E-state index in [1.165, 1.54) is 11.3 Å². The van der Waals surface area contributed by atoms with E-state index in [9.17, 15) is 0 Å². The van der Waals surface area contributed by atoms with Crippen molar-refractivity contribution in [1.29, 1.82) is 0 Å². The largest absolute Gasteiger partial charge is 0.134 e. The Morgan fingerprint density at radius 1 is 1.33 bits per heavy atom. The van der Waals surface area contributed by atoms with Gasteiger partial charge in [0.1, 0.15) is 0 Å². The minimum atomic E-state index is 0.721. The highest BCUT2D eigenvalue weighted by atomic mass is 32.1. The van der Waals surface area contributed by atoms with Crippen LogP contribution in [0.3, 0.4) is 0 Å². The van der Waals surface area contributed by atoms with E-state index >= 15 is 0 Å². The van der Waals surface area contributed by atoms with Crippen molar-refractivity contribution < 1.29 is 0 Å². The molecule has 0 unspecified atom stereocenters. The lowest BCUT2D eigenvalue weighted by Crippen LogP contribution is -1.56. The van der Waals surface area contributed by atoms with Crippen molar-refractivity contribution in [2.45, 2.75) is 0 Å². The second-order valence-corrected chi connectivity index (χ2v) is 3.37. The van der Waals surface area contributed by atoms with Crippen molar-refractivity contribution in [2.75, 3.05) is 0 Å². The molecule has 1 heterocycles. The van der Waals surface area contributed by atoms with Gasteiger partial charge in [-0.15, -0.1) is 11.3 Å². The Bertz CT molecular complexity index is 421. The second kappa shape index (κ2) is 2.85. The summed E-state index contributed by atoms with van der Waals surface area (Å²) in [5, 5.41) is 5.39. The third-order valence-electron chi connectivity index (χ3n) is 1.56.